The average molecular weight is 322 g/mol. The summed E-state index contributed by atoms with van der Waals surface area (Å²) in [6.45, 7) is 4.50. The van der Waals surface area contributed by atoms with Crippen LogP contribution in [-0.4, -0.2) is 67.7 Å². The minimum absolute atomic E-state index is 0.0719. The van der Waals surface area contributed by atoms with Crippen molar-refractivity contribution in [3.63, 3.8) is 0 Å². The Hall–Kier alpha value is -1.66. The summed E-state index contributed by atoms with van der Waals surface area (Å²) < 4.78 is 24.3. The Balaban J connectivity index is 1.50. The maximum atomic E-state index is 13.5. The molecule has 3 rings (SSSR count). The van der Waals surface area contributed by atoms with Crippen LogP contribution in [0.1, 0.15) is 12.8 Å². The second kappa shape index (κ2) is 7.75. The van der Waals surface area contributed by atoms with E-state index in [9.17, 15) is 9.18 Å². The molecule has 2 aliphatic rings. The van der Waals surface area contributed by atoms with Gasteiger partial charge in [-0.2, -0.15) is 0 Å². The van der Waals surface area contributed by atoms with E-state index in [4.69, 9.17) is 9.47 Å². The highest BCUT2D eigenvalue weighted by Gasteiger charge is 2.33. The highest BCUT2D eigenvalue weighted by Crippen LogP contribution is 2.20. The number of para-hydroxylation sites is 1. The van der Waals surface area contributed by atoms with Gasteiger partial charge >= 0.3 is 0 Å². The maximum absolute atomic E-state index is 13.5. The van der Waals surface area contributed by atoms with Crippen molar-refractivity contribution in [3.8, 4) is 5.75 Å². The number of benzene rings is 1. The number of amides is 1. The molecule has 1 aromatic carbocycles. The molecule has 0 spiro atoms. The number of carbonyl (C=O) groups excluding carboxylic acids is 1. The third-order valence-electron chi connectivity index (χ3n) is 4.44. The molecule has 0 aromatic heterocycles. The Morgan fingerprint density at radius 1 is 1.26 bits per heavy atom. The molecule has 0 N–H and O–H groups in total. The van der Waals surface area contributed by atoms with Gasteiger partial charge in [0.1, 0.15) is 6.61 Å². The van der Waals surface area contributed by atoms with E-state index in [2.05, 4.69) is 4.90 Å². The first-order valence-electron chi connectivity index (χ1n) is 8.23. The van der Waals surface area contributed by atoms with Crippen LogP contribution in [0, 0.1) is 5.82 Å². The molecule has 23 heavy (non-hydrogen) atoms. The number of nitrogens with zero attached hydrogens (tertiary/aromatic N) is 2. The Labute approximate surface area is 136 Å². The van der Waals surface area contributed by atoms with Crippen LogP contribution >= 0.6 is 0 Å². The molecule has 0 radical (unpaired) electrons. The molecule has 2 aliphatic heterocycles. The second-order valence-corrected chi connectivity index (χ2v) is 5.91. The Morgan fingerprint density at radius 3 is 2.83 bits per heavy atom. The number of morpholine rings is 1. The van der Waals surface area contributed by atoms with Gasteiger partial charge in [0, 0.05) is 19.6 Å². The van der Waals surface area contributed by atoms with E-state index in [1.54, 1.807) is 18.2 Å². The van der Waals surface area contributed by atoms with Crippen LogP contribution in [-0.2, 0) is 9.53 Å². The number of hydrogen-bond acceptors (Lipinski definition) is 4. The molecule has 2 heterocycles. The molecule has 5 nitrogen and oxygen atoms in total. The van der Waals surface area contributed by atoms with Crippen LogP contribution in [0.4, 0.5) is 4.39 Å². The van der Waals surface area contributed by atoms with Crippen molar-refractivity contribution in [1.29, 1.82) is 0 Å². The zero-order chi connectivity index (χ0) is 16.1. The monoisotopic (exact) mass is 322 g/mol. The number of halogens is 1. The summed E-state index contributed by atoms with van der Waals surface area (Å²) in [6.07, 6.45) is 1.90. The Bertz CT molecular complexity index is 534. The topological polar surface area (TPSA) is 42.0 Å². The van der Waals surface area contributed by atoms with Crippen molar-refractivity contribution < 1.29 is 18.7 Å². The normalized spacial score (nSPS) is 22.3. The zero-order valence-electron chi connectivity index (χ0n) is 13.2. The van der Waals surface area contributed by atoms with Gasteiger partial charge in [0.25, 0.3) is 0 Å². The number of carbonyl (C=O) groups is 1. The fourth-order valence-corrected chi connectivity index (χ4v) is 3.20. The molecule has 2 fully saturated rings. The van der Waals surface area contributed by atoms with Crippen LogP contribution in [0.5, 0.6) is 5.75 Å². The van der Waals surface area contributed by atoms with E-state index in [0.29, 0.717) is 39.5 Å². The first-order valence-corrected chi connectivity index (χ1v) is 8.23. The quantitative estimate of drug-likeness (QED) is 0.824. The van der Waals surface area contributed by atoms with E-state index < -0.39 is 0 Å². The number of likely N-dealkylation sites (tertiary alicyclic amines) is 1. The summed E-state index contributed by atoms with van der Waals surface area (Å²) in [5.41, 5.74) is 0. The van der Waals surface area contributed by atoms with Gasteiger partial charge in [-0.1, -0.05) is 12.1 Å². The van der Waals surface area contributed by atoms with Gasteiger partial charge in [0.05, 0.1) is 19.3 Å². The Kier molecular flexibility index (Phi) is 5.46. The summed E-state index contributed by atoms with van der Waals surface area (Å²) in [5.74, 6) is 0.106. The van der Waals surface area contributed by atoms with E-state index in [-0.39, 0.29) is 23.5 Å². The molecule has 0 saturated carbocycles. The Morgan fingerprint density at radius 2 is 2.04 bits per heavy atom. The highest BCUT2D eigenvalue weighted by molar-refractivity contribution is 5.82. The van der Waals surface area contributed by atoms with E-state index >= 15 is 0 Å². The molecule has 1 atom stereocenters. The van der Waals surface area contributed by atoms with Gasteiger partial charge < -0.3 is 14.4 Å². The third-order valence-corrected chi connectivity index (χ3v) is 4.44. The zero-order valence-corrected chi connectivity index (χ0v) is 13.2. The largest absolute Gasteiger partial charge is 0.489 e. The number of ether oxygens (including phenoxy) is 2. The van der Waals surface area contributed by atoms with Crippen LogP contribution in [0.15, 0.2) is 24.3 Å². The molecular formula is C17H23FN2O3. The average Bonchev–Trinajstić information content (AvgIpc) is 3.05. The van der Waals surface area contributed by atoms with Crippen molar-refractivity contribution in [2.45, 2.75) is 18.9 Å². The first kappa shape index (κ1) is 16.2. The van der Waals surface area contributed by atoms with Crippen molar-refractivity contribution in [3.05, 3.63) is 30.1 Å². The predicted molar refractivity (Wildman–Crippen MR) is 83.9 cm³/mol. The second-order valence-electron chi connectivity index (χ2n) is 5.91. The van der Waals surface area contributed by atoms with Crippen LogP contribution in [0.3, 0.4) is 0 Å². The standard InChI is InChI=1S/C17H23FN2O3/c18-14-4-1-2-6-16(14)23-13-10-19-7-3-5-15(19)17(21)20-8-11-22-12-9-20/h1-2,4,6,15H,3,5,7-13H2. The lowest BCUT2D eigenvalue weighted by atomic mass is 10.2. The SMILES string of the molecule is O=C(C1CCCN1CCOc1ccccc1F)N1CCOCC1. The van der Waals surface area contributed by atoms with Gasteiger partial charge in [0.15, 0.2) is 11.6 Å². The molecule has 1 aromatic rings. The summed E-state index contributed by atoms with van der Waals surface area (Å²) >= 11 is 0. The summed E-state index contributed by atoms with van der Waals surface area (Å²) in [4.78, 5) is 16.7. The molecule has 0 aliphatic carbocycles. The maximum Gasteiger partial charge on any atom is 0.240 e. The van der Waals surface area contributed by atoms with Crippen molar-refractivity contribution in [1.82, 2.24) is 9.80 Å². The molecule has 1 amide bonds. The lowest BCUT2D eigenvalue weighted by Gasteiger charge is -2.32. The van der Waals surface area contributed by atoms with Crippen LogP contribution in [0.25, 0.3) is 0 Å². The fraction of sp³-hybridized carbons (Fsp3) is 0.588. The minimum Gasteiger partial charge on any atom is -0.489 e. The molecule has 126 valence electrons. The fourth-order valence-electron chi connectivity index (χ4n) is 3.20. The van der Waals surface area contributed by atoms with E-state index in [1.807, 2.05) is 4.90 Å². The number of hydrogen-bond donors (Lipinski definition) is 0. The van der Waals surface area contributed by atoms with Gasteiger partial charge in [0.2, 0.25) is 5.91 Å². The molecule has 6 heteroatoms. The molecule has 0 bridgehead atoms. The van der Waals surface area contributed by atoms with Gasteiger partial charge in [-0.05, 0) is 31.5 Å². The van der Waals surface area contributed by atoms with Crippen molar-refractivity contribution in [2.24, 2.45) is 0 Å². The van der Waals surface area contributed by atoms with E-state index in [0.717, 1.165) is 19.4 Å². The lowest BCUT2D eigenvalue weighted by Crippen LogP contribution is -2.50. The number of rotatable bonds is 5. The molecule has 1 unspecified atom stereocenters. The summed E-state index contributed by atoms with van der Waals surface area (Å²) in [6, 6.07) is 6.32. The summed E-state index contributed by atoms with van der Waals surface area (Å²) in [7, 11) is 0. The van der Waals surface area contributed by atoms with Crippen LogP contribution < -0.4 is 4.74 Å². The molecular weight excluding hydrogens is 299 g/mol. The predicted octanol–water partition coefficient (Wildman–Crippen LogP) is 1.53. The first-order chi connectivity index (χ1) is 11.3. The van der Waals surface area contributed by atoms with Crippen molar-refractivity contribution >= 4 is 5.91 Å². The smallest absolute Gasteiger partial charge is 0.240 e. The van der Waals surface area contributed by atoms with Gasteiger partial charge in [-0.3, -0.25) is 9.69 Å². The minimum atomic E-state index is -0.352. The van der Waals surface area contributed by atoms with Crippen LogP contribution in [0.2, 0.25) is 0 Å². The third kappa shape index (κ3) is 4.00. The van der Waals surface area contributed by atoms with E-state index in [1.165, 1.54) is 6.07 Å². The highest BCUT2D eigenvalue weighted by atomic mass is 19.1. The van der Waals surface area contributed by atoms with Crippen molar-refractivity contribution in [2.75, 3.05) is 46.0 Å². The lowest BCUT2D eigenvalue weighted by molar-refractivity contribution is -0.140. The summed E-state index contributed by atoms with van der Waals surface area (Å²) in [5, 5.41) is 0. The molecule has 2 saturated heterocycles. The van der Waals surface area contributed by atoms with Gasteiger partial charge in [-0.15, -0.1) is 0 Å². The van der Waals surface area contributed by atoms with Gasteiger partial charge in [-0.25, -0.2) is 4.39 Å².